The Morgan fingerprint density at radius 3 is 2.43 bits per heavy atom. The molecule has 0 aliphatic carbocycles. The lowest BCUT2D eigenvalue weighted by molar-refractivity contribution is -0.272. The largest absolute Gasteiger partial charge is 0.417 e. The second-order valence-electron chi connectivity index (χ2n) is 5.79. The van der Waals surface area contributed by atoms with Crippen LogP contribution in [0.2, 0.25) is 0 Å². The lowest BCUT2D eigenvalue weighted by Gasteiger charge is -2.38. The minimum Gasteiger partial charge on any atom is -0.380 e. The monoisotopic (exact) mass is 342 g/mol. The summed E-state index contributed by atoms with van der Waals surface area (Å²) in [5, 5.41) is 10.6. The van der Waals surface area contributed by atoms with Gasteiger partial charge in [0, 0.05) is 19.3 Å². The Morgan fingerprint density at radius 2 is 1.83 bits per heavy atom. The number of thiazole rings is 1. The molecule has 1 aromatic heterocycles. The van der Waals surface area contributed by atoms with Gasteiger partial charge in [-0.25, -0.2) is 4.98 Å². The molecule has 23 heavy (non-hydrogen) atoms. The van der Waals surface area contributed by atoms with E-state index in [0.717, 1.165) is 15.4 Å². The number of alkyl halides is 3. The van der Waals surface area contributed by atoms with Gasteiger partial charge in [0.25, 0.3) is 0 Å². The van der Waals surface area contributed by atoms with Crippen molar-refractivity contribution in [3.63, 3.8) is 0 Å². The van der Waals surface area contributed by atoms with Crippen LogP contribution in [-0.4, -0.2) is 39.9 Å². The number of halogens is 3. The number of aliphatic hydroxyl groups is 1. The third kappa shape index (κ3) is 3.57. The van der Waals surface area contributed by atoms with Crippen molar-refractivity contribution in [2.75, 3.05) is 13.1 Å². The summed E-state index contributed by atoms with van der Waals surface area (Å²) >= 11 is 1.55. The zero-order valence-electron chi connectivity index (χ0n) is 12.4. The number of hydrogen-bond acceptors (Lipinski definition) is 4. The topological polar surface area (TPSA) is 36.4 Å². The molecule has 1 aliphatic heterocycles. The van der Waals surface area contributed by atoms with Gasteiger partial charge in [0.2, 0.25) is 0 Å². The Bertz CT molecular complexity index is 649. The van der Waals surface area contributed by atoms with Gasteiger partial charge >= 0.3 is 6.18 Å². The van der Waals surface area contributed by atoms with Crippen molar-refractivity contribution in [3.05, 3.63) is 41.5 Å². The first kappa shape index (κ1) is 16.4. The molecule has 0 atom stereocenters. The van der Waals surface area contributed by atoms with Gasteiger partial charge in [0.15, 0.2) is 5.60 Å². The first-order chi connectivity index (χ1) is 10.9. The Kier molecular flexibility index (Phi) is 4.44. The van der Waals surface area contributed by atoms with E-state index in [-0.39, 0.29) is 25.9 Å². The van der Waals surface area contributed by atoms with Crippen LogP contribution in [0.5, 0.6) is 0 Å². The molecule has 3 nitrogen and oxygen atoms in total. The average molecular weight is 342 g/mol. The minimum atomic E-state index is -4.55. The number of nitrogens with zero attached hydrogens (tertiary/aromatic N) is 2. The first-order valence-electron chi connectivity index (χ1n) is 7.39. The summed E-state index contributed by atoms with van der Waals surface area (Å²) in [4.78, 5) is 7.32. The Labute approximate surface area is 136 Å². The predicted octanol–water partition coefficient (Wildman–Crippen LogP) is 3.70. The molecule has 0 amide bonds. The van der Waals surface area contributed by atoms with E-state index in [4.69, 9.17) is 0 Å². The van der Waals surface area contributed by atoms with E-state index in [1.807, 2.05) is 35.2 Å². The lowest BCUT2D eigenvalue weighted by atomic mass is 9.91. The number of likely N-dealkylation sites (tertiary alicyclic amines) is 1. The maximum Gasteiger partial charge on any atom is 0.417 e. The summed E-state index contributed by atoms with van der Waals surface area (Å²) in [5.74, 6) is 0. The highest BCUT2D eigenvalue weighted by molar-refractivity contribution is 7.15. The van der Waals surface area contributed by atoms with Gasteiger partial charge in [-0.05, 0) is 18.4 Å². The van der Waals surface area contributed by atoms with E-state index in [0.29, 0.717) is 6.54 Å². The van der Waals surface area contributed by atoms with Crippen molar-refractivity contribution in [2.24, 2.45) is 0 Å². The van der Waals surface area contributed by atoms with E-state index < -0.39 is 11.8 Å². The van der Waals surface area contributed by atoms with Crippen LogP contribution >= 0.6 is 11.3 Å². The van der Waals surface area contributed by atoms with Gasteiger partial charge < -0.3 is 5.11 Å². The summed E-state index contributed by atoms with van der Waals surface area (Å²) in [6.07, 6.45) is -3.33. The van der Waals surface area contributed by atoms with Crippen LogP contribution in [0.3, 0.4) is 0 Å². The van der Waals surface area contributed by atoms with Crippen molar-refractivity contribution in [1.29, 1.82) is 0 Å². The number of piperidine rings is 1. The van der Waals surface area contributed by atoms with Crippen LogP contribution in [-0.2, 0) is 6.54 Å². The van der Waals surface area contributed by atoms with Crippen molar-refractivity contribution >= 4 is 11.3 Å². The van der Waals surface area contributed by atoms with Crippen LogP contribution in [0, 0.1) is 0 Å². The number of hydrogen-bond donors (Lipinski definition) is 1. The van der Waals surface area contributed by atoms with Crippen molar-refractivity contribution in [1.82, 2.24) is 9.88 Å². The maximum absolute atomic E-state index is 12.8. The van der Waals surface area contributed by atoms with Crippen molar-refractivity contribution < 1.29 is 18.3 Å². The molecule has 3 rings (SSSR count). The maximum atomic E-state index is 12.8. The highest BCUT2D eigenvalue weighted by Crippen LogP contribution is 2.38. The minimum absolute atomic E-state index is 0.219. The van der Waals surface area contributed by atoms with Gasteiger partial charge in [-0.3, -0.25) is 4.90 Å². The molecule has 0 saturated carbocycles. The van der Waals surface area contributed by atoms with Gasteiger partial charge in [-0.15, -0.1) is 11.3 Å². The van der Waals surface area contributed by atoms with Crippen LogP contribution in [0.1, 0.15) is 17.8 Å². The fourth-order valence-corrected chi connectivity index (χ4v) is 3.64. The summed E-state index contributed by atoms with van der Waals surface area (Å²) in [5.41, 5.74) is -1.46. The quantitative estimate of drug-likeness (QED) is 0.924. The number of benzene rings is 1. The van der Waals surface area contributed by atoms with E-state index in [2.05, 4.69) is 4.98 Å². The molecule has 0 bridgehead atoms. The molecule has 7 heteroatoms. The molecule has 1 fully saturated rings. The molecule has 0 unspecified atom stereocenters. The standard InChI is InChI=1S/C16H17F3N2OS/c17-16(18,19)15(22)6-8-21(9-7-15)11-14-20-10-13(23-14)12-4-2-1-3-5-12/h1-5,10,22H,6-9,11H2. The van der Waals surface area contributed by atoms with E-state index in [1.54, 1.807) is 17.5 Å². The molecule has 1 saturated heterocycles. The zero-order valence-corrected chi connectivity index (χ0v) is 13.2. The molecular formula is C16H17F3N2OS. The molecule has 1 aromatic carbocycles. The molecule has 2 heterocycles. The Balaban J connectivity index is 1.61. The smallest absolute Gasteiger partial charge is 0.380 e. The summed E-state index contributed by atoms with van der Waals surface area (Å²) in [6, 6.07) is 9.86. The lowest BCUT2D eigenvalue weighted by Crippen LogP contribution is -2.53. The molecule has 2 aromatic rings. The molecular weight excluding hydrogens is 325 g/mol. The molecule has 0 spiro atoms. The average Bonchev–Trinajstić information content (AvgIpc) is 2.98. The predicted molar refractivity (Wildman–Crippen MR) is 83.1 cm³/mol. The van der Waals surface area contributed by atoms with E-state index >= 15 is 0 Å². The first-order valence-corrected chi connectivity index (χ1v) is 8.21. The van der Waals surface area contributed by atoms with E-state index in [1.165, 1.54) is 0 Å². The van der Waals surface area contributed by atoms with Gasteiger partial charge in [0.05, 0.1) is 11.4 Å². The van der Waals surface area contributed by atoms with Crippen LogP contribution < -0.4 is 0 Å². The number of rotatable bonds is 3. The SMILES string of the molecule is OC1(C(F)(F)F)CCN(Cc2ncc(-c3ccccc3)s2)CC1. The molecule has 124 valence electrons. The Morgan fingerprint density at radius 1 is 1.17 bits per heavy atom. The van der Waals surface area contributed by atoms with Crippen molar-refractivity contribution in [3.8, 4) is 10.4 Å². The third-order valence-corrected chi connectivity index (χ3v) is 5.21. The van der Waals surface area contributed by atoms with Crippen LogP contribution in [0.15, 0.2) is 36.5 Å². The summed E-state index contributed by atoms with van der Waals surface area (Å²) in [6.45, 7) is 0.956. The summed E-state index contributed by atoms with van der Waals surface area (Å²) in [7, 11) is 0. The van der Waals surface area contributed by atoms with Gasteiger partial charge in [-0.1, -0.05) is 30.3 Å². The number of aromatic nitrogens is 1. The Hall–Kier alpha value is -1.44. The third-order valence-electron chi connectivity index (χ3n) is 4.18. The fraction of sp³-hybridized carbons (Fsp3) is 0.438. The normalized spacial score (nSPS) is 19.0. The van der Waals surface area contributed by atoms with Crippen molar-refractivity contribution in [2.45, 2.75) is 31.2 Å². The molecule has 1 N–H and O–H groups in total. The fourth-order valence-electron chi connectivity index (χ4n) is 2.68. The van der Waals surface area contributed by atoms with Gasteiger partial charge in [-0.2, -0.15) is 13.2 Å². The molecule has 1 aliphatic rings. The zero-order chi connectivity index (χ0) is 16.5. The van der Waals surface area contributed by atoms with Gasteiger partial charge in [0.1, 0.15) is 5.01 Å². The van der Waals surface area contributed by atoms with Crippen LogP contribution in [0.25, 0.3) is 10.4 Å². The second-order valence-corrected chi connectivity index (χ2v) is 6.90. The highest BCUT2D eigenvalue weighted by Gasteiger charge is 2.54. The second kappa shape index (κ2) is 6.22. The summed E-state index contributed by atoms with van der Waals surface area (Å²) < 4.78 is 38.4. The molecule has 0 radical (unpaired) electrons. The van der Waals surface area contributed by atoms with E-state index in [9.17, 15) is 18.3 Å². The highest BCUT2D eigenvalue weighted by atomic mass is 32.1. The van der Waals surface area contributed by atoms with Crippen LogP contribution in [0.4, 0.5) is 13.2 Å².